The van der Waals surface area contributed by atoms with E-state index in [1.165, 1.54) is 11.8 Å². The van der Waals surface area contributed by atoms with Crippen LogP contribution in [0.2, 0.25) is 0 Å². The molecule has 2 unspecified atom stereocenters. The van der Waals surface area contributed by atoms with Gasteiger partial charge in [0.2, 0.25) is 0 Å². The van der Waals surface area contributed by atoms with Gasteiger partial charge in [0.15, 0.2) is 9.84 Å². The van der Waals surface area contributed by atoms with Gasteiger partial charge in [-0.3, -0.25) is 5.73 Å². The fraction of sp³-hybridized carbons (Fsp3) is 0.364. The number of nitrogens with two attached hydrogens (primary N) is 1. The van der Waals surface area contributed by atoms with E-state index in [9.17, 15) is 8.42 Å². The van der Waals surface area contributed by atoms with E-state index in [-0.39, 0.29) is 39.8 Å². The molecule has 0 saturated carbocycles. The van der Waals surface area contributed by atoms with E-state index >= 15 is 0 Å². The fourth-order valence-electron chi connectivity index (χ4n) is 2.47. The number of thioether (sulfide) groups is 1. The van der Waals surface area contributed by atoms with Crippen LogP contribution in [-0.4, -0.2) is 41.0 Å². The van der Waals surface area contributed by atoms with Gasteiger partial charge >= 0.3 is 5.17 Å². The molecular weight excluding hydrogens is 416 g/mol. The highest BCUT2D eigenvalue weighted by Gasteiger charge is 2.49. The third-order valence-electron chi connectivity index (χ3n) is 3.20. The molecule has 2 aliphatic heterocycles. The van der Waals surface area contributed by atoms with Gasteiger partial charge in [-0.15, -0.1) is 0 Å². The topological polar surface area (TPSA) is 63.2 Å². The zero-order valence-electron chi connectivity index (χ0n) is 9.79. The summed E-state index contributed by atoms with van der Waals surface area (Å²) in [5.41, 5.74) is 6.98. The lowest BCUT2D eigenvalue weighted by Gasteiger charge is -2.10. The Bertz CT molecular complexity index is 646. The molecule has 1 aromatic rings. The molecule has 19 heavy (non-hydrogen) atoms. The van der Waals surface area contributed by atoms with Crippen molar-refractivity contribution >= 4 is 48.4 Å². The molecule has 8 heteroatoms. The Kier molecular flexibility index (Phi) is 4.35. The second-order valence-electron chi connectivity index (χ2n) is 4.49. The standard InChI is InChI=1S/C11H11BrN2O2S2.BrH/c12-7-2-1-3-8(4-7)14-9-5-18(15,16)6-10(9)17-11(14)13;/h1-4,9-10,13H,5-6H2;1H. The van der Waals surface area contributed by atoms with Crippen molar-refractivity contribution in [2.45, 2.75) is 11.3 Å². The first-order chi connectivity index (χ1) is 8.46. The summed E-state index contributed by atoms with van der Waals surface area (Å²) in [5, 5.41) is 0.756. The van der Waals surface area contributed by atoms with Crippen LogP contribution in [0.15, 0.2) is 28.7 Å². The quantitative estimate of drug-likeness (QED) is 0.544. The minimum atomic E-state index is -2.92. The molecular formula is C11H12Br2N2O2S2. The highest BCUT2D eigenvalue weighted by atomic mass is 79.9. The van der Waals surface area contributed by atoms with E-state index in [0.29, 0.717) is 5.17 Å². The number of benzene rings is 1. The molecule has 1 fully saturated rings. The number of hydrogen-bond donors (Lipinski definition) is 1. The molecule has 4 nitrogen and oxygen atoms in total. The molecule has 1 aromatic carbocycles. The van der Waals surface area contributed by atoms with Gasteiger partial charge in [-0.2, -0.15) is 0 Å². The maximum Gasteiger partial charge on any atom is 0.310 e. The zero-order valence-corrected chi connectivity index (χ0v) is 14.6. The maximum absolute atomic E-state index is 11.7. The summed E-state index contributed by atoms with van der Waals surface area (Å²) in [6, 6.07) is 7.74. The Labute approximate surface area is 135 Å². The predicted octanol–water partition coefficient (Wildman–Crippen LogP) is -1.68. The summed E-state index contributed by atoms with van der Waals surface area (Å²) in [6.45, 7) is 0. The van der Waals surface area contributed by atoms with Crippen LogP contribution in [0.5, 0.6) is 0 Å². The predicted molar refractivity (Wildman–Crippen MR) is 77.1 cm³/mol. The molecule has 2 heterocycles. The summed E-state index contributed by atoms with van der Waals surface area (Å²) in [7, 11) is -2.92. The van der Waals surface area contributed by atoms with E-state index in [2.05, 4.69) is 15.9 Å². The smallest absolute Gasteiger partial charge is 0.310 e. The molecule has 1 saturated heterocycles. The number of halogens is 2. The van der Waals surface area contributed by atoms with E-state index < -0.39 is 9.84 Å². The van der Waals surface area contributed by atoms with Crippen LogP contribution in [0.3, 0.4) is 0 Å². The average molecular weight is 428 g/mol. The molecule has 104 valence electrons. The minimum Gasteiger partial charge on any atom is -1.00 e. The van der Waals surface area contributed by atoms with Gasteiger partial charge in [-0.1, -0.05) is 22.0 Å². The number of nitrogens with zero attached hydrogens (tertiary/aromatic N) is 1. The summed E-state index contributed by atoms with van der Waals surface area (Å²) < 4.78 is 26.3. The van der Waals surface area contributed by atoms with E-state index in [1.807, 2.05) is 28.8 Å². The molecule has 0 aromatic heterocycles. The molecule has 0 radical (unpaired) electrons. The van der Waals surface area contributed by atoms with E-state index in [1.54, 1.807) is 0 Å². The first-order valence-electron chi connectivity index (χ1n) is 5.50. The van der Waals surface area contributed by atoms with Crippen LogP contribution in [0.25, 0.3) is 0 Å². The van der Waals surface area contributed by atoms with Crippen molar-refractivity contribution in [3.8, 4) is 0 Å². The molecule has 2 atom stereocenters. The van der Waals surface area contributed by atoms with Gasteiger partial charge in [0.05, 0.1) is 16.8 Å². The van der Waals surface area contributed by atoms with Crippen LogP contribution < -0.4 is 22.7 Å². The number of fused-ring (bicyclic) bond motifs is 1. The van der Waals surface area contributed by atoms with Gasteiger partial charge in [-0.05, 0) is 30.0 Å². The second-order valence-corrected chi connectivity index (χ2v) is 8.82. The molecule has 0 spiro atoms. The van der Waals surface area contributed by atoms with Crippen molar-refractivity contribution in [2.24, 2.45) is 5.73 Å². The second kappa shape index (κ2) is 5.38. The summed E-state index contributed by atoms with van der Waals surface area (Å²) in [5.74, 6) is 0.422. The summed E-state index contributed by atoms with van der Waals surface area (Å²) in [6.07, 6.45) is 0. The van der Waals surface area contributed by atoms with Gasteiger partial charge in [-0.25, -0.2) is 13.0 Å². The fourth-order valence-corrected chi connectivity index (χ4v) is 6.67. The maximum atomic E-state index is 11.7. The zero-order chi connectivity index (χ0) is 12.9. The van der Waals surface area contributed by atoms with Crippen LogP contribution in [0.4, 0.5) is 5.69 Å². The number of amidine groups is 1. The van der Waals surface area contributed by atoms with E-state index in [0.717, 1.165) is 10.2 Å². The third kappa shape index (κ3) is 2.86. The Balaban J connectivity index is 0.00000133. The number of rotatable bonds is 1. The largest absolute Gasteiger partial charge is 1.00 e. The van der Waals surface area contributed by atoms with Crippen LogP contribution in [0, 0.1) is 0 Å². The van der Waals surface area contributed by atoms with Crippen LogP contribution in [0.1, 0.15) is 0 Å². The Morgan fingerprint density at radius 1 is 1.37 bits per heavy atom. The molecule has 0 aliphatic carbocycles. The molecule has 0 bridgehead atoms. The average Bonchev–Trinajstić information content (AvgIpc) is 2.68. The summed E-state index contributed by atoms with van der Waals surface area (Å²) in [4.78, 5) is 0. The van der Waals surface area contributed by atoms with Crippen LogP contribution in [-0.2, 0) is 9.84 Å². The highest BCUT2D eigenvalue weighted by molar-refractivity contribution is 9.10. The minimum absolute atomic E-state index is 0. The Hall–Kier alpha value is -0.0500. The monoisotopic (exact) mass is 426 g/mol. The molecule has 2 N–H and O–H groups in total. The Morgan fingerprint density at radius 2 is 2.11 bits per heavy atom. The SMILES string of the molecule is NC1=[N+](c2cccc(Br)c2)C2CS(=O)(=O)CC2S1.[Br-]. The van der Waals surface area contributed by atoms with E-state index in [4.69, 9.17) is 5.73 Å². The Morgan fingerprint density at radius 3 is 2.79 bits per heavy atom. The van der Waals surface area contributed by atoms with Crippen molar-refractivity contribution in [1.29, 1.82) is 0 Å². The number of hydrogen-bond acceptors (Lipinski definition) is 4. The lowest BCUT2D eigenvalue weighted by atomic mass is 10.2. The molecule has 0 amide bonds. The van der Waals surface area contributed by atoms with Crippen molar-refractivity contribution < 1.29 is 30.0 Å². The van der Waals surface area contributed by atoms with Crippen LogP contribution >= 0.6 is 27.7 Å². The van der Waals surface area contributed by atoms with Crippen molar-refractivity contribution in [2.75, 3.05) is 11.5 Å². The normalized spacial score (nSPS) is 28.1. The lowest BCUT2D eigenvalue weighted by molar-refractivity contribution is -0.470. The molecule has 3 rings (SSSR count). The van der Waals surface area contributed by atoms with Gasteiger partial charge in [0, 0.05) is 4.47 Å². The third-order valence-corrected chi connectivity index (χ3v) is 6.84. The number of sulfone groups is 1. The van der Waals surface area contributed by atoms with Gasteiger partial charge in [0.25, 0.3) is 0 Å². The van der Waals surface area contributed by atoms with Crippen molar-refractivity contribution in [3.63, 3.8) is 0 Å². The highest BCUT2D eigenvalue weighted by Crippen LogP contribution is 2.36. The van der Waals surface area contributed by atoms with Crippen molar-refractivity contribution in [3.05, 3.63) is 28.7 Å². The van der Waals surface area contributed by atoms with Gasteiger partial charge < -0.3 is 17.0 Å². The lowest BCUT2D eigenvalue weighted by Crippen LogP contribution is -3.00. The summed E-state index contributed by atoms with van der Waals surface area (Å²) >= 11 is 4.90. The molecule has 2 aliphatic rings. The van der Waals surface area contributed by atoms with Gasteiger partial charge in [0.1, 0.15) is 11.7 Å². The first kappa shape index (κ1) is 15.3. The van der Waals surface area contributed by atoms with Crippen molar-refractivity contribution in [1.82, 2.24) is 0 Å². The first-order valence-corrected chi connectivity index (χ1v) is 9.00.